The molecule has 0 aromatic heterocycles. The molecule has 0 N–H and O–H groups in total. The lowest BCUT2D eigenvalue weighted by Crippen LogP contribution is -2.32. The van der Waals surface area contributed by atoms with Crippen LogP contribution in [0.4, 0.5) is 0 Å². The van der Waals surface area contributed by atoms with E-state index in [9.17, 15) is 4.79 Å². The molecule has 0 bridgehead atoms. The fraction of sp³-hybridized carbons (Fsp3) is 0.143. The molecule has 2 aromatic rings. The van der Waals surface area contributed by atoms with Crippen molar-refractivity contribution in [2.24, 2.45) is 0 Å². The monoisotopic (exact) mass is 284 g/mol. The van der Waals surface area contributed by atoms with Crippen molar-refractivity contribution in [3.05, 3.63) is 94.7 Å². The first kappa shape index (κ1) is 13.1. The molecule has 2 aliphatic rings. The molecule has 0 heterocycles. The van der Waals surface area contributed by atoms with E-state index in [0.29, 0.717) is 6.42 Å². The van der Waals surface area contributed by atoms with Crippen molar-refractivity contribution in [3.8, 4) is 0 Å². The van der Waals surface area contributed by atoms with Gasteiger partial charge in [0, 0.05) is 6.42 Å². The molecule has 22 heavy (non-hydrogen) atoms. The Morgan fingerprint density at radius 3 is 2.50 bits per heavy atom. The number of allylic oxidation sites excluding steroid dienone is 2. The Bertz CT molecular complexity index is 865. The van der Waals surface area contributed by atoms with Crippen molar-refractivity contribution < 1.29 is 4.79 Å². The van der Waals surface area contributed by atoms with E-state index in [-0.39, 0.29) is 5.78 Å². The van der Waals surface area contributed by atoms with E-state index in [2.05, 4.69) is 48.7 Å². The summed E-state index contributed by atoms with van der Waals surface area (Å²) in [6.45, 7) is 3.74. The summed E-state index contributed by atoms with van der Waals surface area (Å²) in [5, 5.41) is 0. The molecule has 1 atom stereocenters. The maximum atomic E-state index is 12.9. The third-order valence-electron chi connectivity index (χ3n) is 4.82. The van der Waals surface area contributed by atoms with Gasteiger partial charge in [0.2, 0.25) is 0 Å². The second kappa shape index (κ2) is 4.69. The minimum Gasteiger partial charge on any atom is -0.298 e. The fourth-order valence-corrected chi connectivity index (χ4v) is 3.81. The molecule has 106 valence electrons. The zero-order chi connectivity index (χ0) is 15.2. The van der Waals surface area contributed by atoms with E-state index in [4.69, 9.17) is 0 Å². The van der Waals surface area contributed by atoms with Gasteiger partial charge in [-0.1, -0.05) is 61.2 Å². The van der Waals surface area contributed by atoms with Crippen molar-refractivity contribution >= 4 is 11.9 Å². The van der Waals surface area contributed by atoms with Gasteiger partial charge in [-0.2, -0.15) is 0 Å². The molecular formula is C21H16O. The van der Waals surface area contributed by atoms with Crippen LogP contribution in [0.1, 0.15) is 22.3 Å². The average Bonchev–Trinajstić information content (AvgIpc) is 3.08. The number of carbonyl (C=O) groups is 1. The molecule has 4 rings (SSSR count). The van der Waals surface area contributed by atoms with Crippen LogP contribution >= 0.6 is 0 Å². The Balaban J connectivity index is 1.94. The van der Waals surface area contributed by atoms with E-state index in [1.807, 2.05) is 24.3 Å². The highest BCUT2D eigenvalue weighted by Crippen LogP contribution is 2.47. The third kappa shape index (κ3) is 1.63. The van der Waals surface area contributed by atoms with Crippen LogP contribution in [0.25, 0.3) is 6.08 Å². The number of hydrogen-bond donors (Lipinski definition) is 0. The van der Waals surface area contributed by atoms with Crippen LogP contribution in [0.5, 0.6) is 0 Å². The minimum absolute atomic E-state index is 0.226. The Hall–Kier alpha value is -2.63. The summed E-state index contributed by atoms with van der Waals surface area (Å²) < 4.78 is 0. The van der Waals surface area contributed by atoms with Crippen LogP contribution < -0.4 is 0 Å². The molecule has 0 aliphatic heterocycles. The standard InChI is InChI=1S/C21H16O/c1-2-11-21(18-12-15-7-3-4-8-16(15)13-18)19-10-6-5-9-17(19)14-20(21)22/h3-12H,1,13-14H2. The fourth-order valence-electron chi connectivity index (χ4n) is 3.81. The molecule has 1 unspecified atom stereocenters. The predicted molar refractivity (Wildman–Crippen MR) is 88.7 cm³/mol. The number of Topliss-reactive ketones (excluding diaryl/α,β-unsaturated/α-hetero) is 1. The second-order valence-corrected chi connectivity index (χ2v) is 5.96. The average molecular weight is 284 g/mol. The van der Waals surface area contributed by atoms with Crippen LogP contribution in [0, 0.1) is 0 Å². The molecule has 2 aromatic carbocycles. The van der Waals surface area contributed by atoms with Crippen molar-refractivity contribution in [1.29, 1.82) is 0 Å². The predicted octanol–water partition coefficient (Wildman–Crippen LogP) is 4.03. The number of fused-ring (bicyclic) bond motifs is 2. The SMILES string of the molecule is C=C=CC1(C2=Cc3ccccc3C2)C(=O)Cc2ccccc21. The highest BCUT2D eigenvalue weighted by Gasteiger charge is 2.47. The summed E-state index contributed by atoms with van der Waals surface area (Å²) in [7, 11) is 0. The van der Waals surface area contributed by atoms with Crippen LogP contribution in [0.15, 0.2) is 72.5 Å². The molecule has 0 fully saturated rings. The first-order chi connectivity index (χ1) is 10.8. The van der Waals surface area contributed by atoms with Crippen molar-refractivity contribution in [1.82, 2.24) is 0 Å². The smallest absolute Gasteiger partial charge is 0.156 e. The maximum Gasteiger partial charge on any atom is 0.156 e. The first-order valence-corrected chi connectivity index (χ1v) is 7.53. The lowest BCUT2D eigenvalue weighted by atomic mass is 9.73. The number of rotatable bonds is 2. The van der Waals surface area contributed by atoms with Gasteiger partial charge >= 0.3 is 0 Å². The molecule has 0 saturated carbocycles. The molecule has 1 nitrogen and oxygen atoms in total. The zero-order valence-corrected chi connectivity index (χ0v) is 12.3. The van der Waals surface area contributed by atoms with Gasteiger partial charge in [0.15, 0.2) is 5.78 Å². The Kier molecular flexibility index (Phi) is 2.79. The van der Waals surface area contributed by atoms with E-state index in [0.717, 1.165) is 23.1 Å². The van der Waals surface area contributed by atoms with Gasteiger partial charge in [-0.25, -0.2) is 0 Å². The highest BCUT2D eigenvalue weighted by molar-refractivity contribution is 6.03. The topological polar surface area (TPSA) is 17.1 Å². The number of carbonyl (C=O) groups excluding carboxylic acids is 1. The van der Waals surface area contributed by atoms with Crippen molar-refractivity contribution in [2.75, 3.05) is 0 Å². The van der Waals surface area contributed by atoms with E-state index < -0.39 is 5.41 Å². The van der Waals surface area contributed by atoms with Crippen LogP contribution in [-0.4, -0.2) is 5.78 Å². The minimum atomic E-state index is -0.683. The summed E-state index contributed by atoms with van der Waals surface area (Å²) in [6, 6.07) is 16.5. The van der Waals surface area contributed by atoms with Gasteiger partial charge in [-0.05, 0) is 40.3 Å². The van der Waals surface area contributed by atoms with Gasteiger partial charge in [0.1, 0.15) is 5.41 Å². The molecule has 1 heteroatoms. The van der Waals surface area contributed by atoms with Gasteiger partial charge in [0.05, 0.1) is 0 Å². The molecule has 0 saturated heterocycles. The summed E-state index contributed by atoms with van der Waals surface area (Å²) in [5.41, 5.74) is 8.06. The summed E-state index contributed by atoms with van der Waals surface area (Å²) in [6.07, 6.45) is 5.33. The second-order valence-electron chi connectivity index (χ2n) is 5.96. The summed E-state index contributed by atoms with van der Waals surface area (Å²) >= 11 is 0. The van der Waals surface area contributed by atoms with Crippen molar-refractivity contribution in [3.63, 3.8) is 0 Å². The van der Waals surface area contributed by atoms with Gasteiger partial charge in [-0.3, -0.25) is 4.79 Å². The lowest BCUT2D eigenvalue weighted by molar-refractivity contribution is -0.120. The Morgan fingerprint density at radius 1 is 1.00 bits per heavy atom. The first-order valence-electron chi connectivity index (χ1n) is 7.53. The quantitative estimate of drug-likeness (QED) is 0.761. The van der Waals surface area contributed by atoms with Gasteiger partial charge in [-0.15, -0.1) is 5.73 Å². The largest absolute Gasteiger partial charge is 0.298 e. The third-order valence-corrected chi connectivity index (χ3v) is 4.82. The van der Waals surface area contributed by atoms with Crippen LogP contribution in [-0.2, 0) is 23.1 Å². The summed E-state index contributed by atoms with van der Waals surface area (Å²) in [4.78, 5) is 12.9. The molecule has 2 aliphatic carbocycles. The van der Waals surface area contributed by atoms with Crippen LogP contribution in [0.2, 0.25) is 0 Å². The molecule has 0 amide bonds. The number of benzene rings is 2. The van der Waals surface area contributed by atoms with Crippen molar-refractivity contribution in [2.45, 2.75) is 18.3 Å². The van der Waals surface area contributed by atoms with E-state index in [1.54, 1.807) is 0 Å². The van der Waals surface area contributed by atoms with E-state index in [1.165, 1.54) is 11.1 Å². The summed E-state index contributed by atoms with van der Waals surface area (Å²) in [5.74, 6) is 0.226. The zero-order valence-electron chi connectivity index (χ0n) is 12.3. The van der Waals surface area contributed by atoms with Crippen LogP contribution in [0.3, 0.4) is 0 Å². The Morgan fingerprint density at radius 2 is 1.73 bits per heavy atom. The molecule has 0 spiro atoms. The van der Waals surface area contributed by atoms with Gasteiger partial charge in [0.25, 0.3) is 0 Å². The van der Waals surface area contributed by atoms with E-state index >= 15 is 0 Å². The molecule has 0 radical (unpaired) electrons. The molecular weight excluding hydrogens is 268 g/mol. The lowest BCUT2D eigenvalue weighted by Gasteiger charge is -2.26. The normalized spacial score (nSPS) is 21.8. The highest BCUT2D eigenvalue weighted by atomic mass is 16.1. The number of ketones is 1. The van der Waals surface area contributed by atoms with Gasteiger partial charge < -0.3 is 0 Å². The maximum absolute atomic E-state index is 12.9. The number of hydrogen-bond acceptors (Lipinski definition) is 1. The Labute approximate surface area is 130 Å².